The van der Waals surface area contributed by atoms with Gasteiger partial charge in [-0.2, -0.15) is 0 Å². The Kier molecular flexibility index (Phi) is 5.52. The zero-order valence-electron chi connectivity index (χ0n) is 12.4. The SMILES string of the molecule is CN(C)C1CCCN(CCC(O)c2ccc(F)cc2)C1. The Hall–Kier alpha value is -0.970. The summed E-state index contributed by atoms with van der Waals surface area (Å²) in [5.74, 6) is -0.259. The van der Waals surface area contributed by atoms with Gasteiger partial charge < -0.3 is 14.9 Å². The van der Waals surface area contributed by atoms with Crippen LogP contribution in [0.4, 0.5) is 4.39 Å². The molecule has 1 aromatic rings. The van der Waals surface area contributed by atoms with Crippen molar-refractivity contribution in [2.45, 2.75) is 31.4 Å². The van der Waals surface area contributed by atoms with E-state index in [1.807, 2.05) is 0 Å². The van der Waals surface area contributed by atoms with E-state index < -0.39 is 6.10 Å². The number of halogens is 1. The summed E-state index contributed by atoms with van der Waals surface area (Å²) >= 11 is 0. The van der Waals surface area contributed by atoms with E-state index in [1.54, 1.807) is 12.1 Å². The van der Waals surface area contributed by atoms with Crippen LogP contribution in [0.2, 0.25) is 0 Å². The van der Waals surface area contributed by atoms with Crippen LogP contribution in [0.1, 0.15) is 30.9 Å². The molecule has 4 heteroatoms. The molecule has 3 nitrogen and oxygen atoms in total. The molecule has 1 saturated heterocycles. The topological polar surface area (TPSA) is 26.7 Å². The summed E-state index contributed by atoms with van der Waals surface area (Å²) in [5, 5.41) is 10.2. The highest BCUT2D eigenvalue weighted by atomic mass is 19.1. The van der Waals surface area contributed by atoms with Crippen molar-refractivity contribution in [3.8, 4) is 0 Å². The zero-order valence-corrected chi connectivity index (χ0v) is 12.4. The average Bonchev–Trinajstić information content (AvgIpc) is 2.46. The Morgan fingerprint density at radius 3 is 2.70 bits per heavy atom. The maximum absolute atomic E-state index is 12.9. The maximum atomic E-state index is 12.9. The summed E-state index contributed by atoms with van der Waals surface area (Å²) in [5.41, 5.74) is 0.799. The zero-order chi connectivity index (χ0) is 14.5. The Morgan fingerprint density at radius 2 is 2.05 bits per heavy atom. The third kappa shape index (κ3) is 4.27. The van der Waals surface area contributed by atoms with Crippen LogP contribution in [0.3, 0.4) is 0 Å². The third-order valence-electron chi connectivity index (χ3n) is 4.18. The standard InChI is InChI=1S/C16H25FN2O/c1-18(2)15-4-3-10-19(12-15)11-9-16(20)13-5-7-14(17)8-6-13/h5-8,15-16,20H,3-4,9-12H2,1-2H3. The maximum Gasteiger partial charge on any atom is 0.123 e. The van der Waals surface area contributed by atoms with Gasteiger partial charge >= 0.3 is 0 Å². The first-order valence-electron chi connectivity index (χ1n) is 7.38. The second kappa shape index (κ2) is 7.16. The summed E-state index contributed by atoms with van der Waals surface area (Å²) in [6, 6.07) is 6.76. The van der Waals surface area contributed by atoms with Gasteiger partial charge in [-0.3, -0.25) is 0 Å². The molecule has 0 spiro atoms. The fourth-order valence-electron chi connectivity index (χ4n) is 2.81. The molecule has 1 aliphatic heterocycles. The number of nitrogens with zero attached hydrogens (tertiary/aromatic N) is 2. The molecule has 0 amide bonds. The molecular formula is C16H25FN2O. The number of aliphatic hydroxyl groups excluding tert-OH is 1. The number of likely N-dealkylation sites (tertiary alicyclic amines) is 1. The molecule has 0 aromatic heterocycles. The van der Waals surface area contributed by atoms with E-state index in [9.17, 15) is 9.50 Å². The second-order valence-corrected chi connectivity index (χ2v) is 5.92. The first-order chi connectivity index (χ1) is 9.56. The van der Waals surface area contributed by atoms with Crippen LogP contribution in [0.15, 0.2) is 24.3 Å². The lowest BCUT2D eigenvalue weighted by atomic mass is 10.0. The van der Waals surface area contributed by atoms with Gasteiger partial charge in [0.1, 0.15) is 5.82 Å². The monoisotopic (exact) mass is 280 g/mol. The smallest absolute Gasteiger partial charge is 0.123 e. The van der Waals surface area contributed by atoms with Gasteiger partial charge in [-0.15, -0.1) is 0 Å². The van der Waals surface area contributed by atoms with E-state index >= 15 is 0 Å². The number of benzene rings is 1. The molecule has 0 bridgehead atoms. The van der Waals surface area contributed by atoms with Crippen molar-refractivity contribution in [1.82, 2.24) is 9.80 Å². The highest BCUT2D eigenvalue weighted by molar-refractivity contribution is 5.18. The first kappa shape index (κ1) is 15.4. The van der Waals surface area contributed by atoms with Crippen LogP contribution < -0.4 is 0 Å². The van der Waals surface area contributed by atoms with Gasteiger partial charge in [-0.25, -0.2) is 4.39 Å². The highest BCUT2D eigenvalue weighted by Crippen LogP contribution is 2.19. The lowest BCUT2D eigenvalue weighted by Gasteiger charge is -2.36. The van der Waals surface area contributed by atoms with Crippen molar-refractivity contribution >= 4 is 0 Å². The van der Waals surface area contributed by atoms with Crippen molar-refractivity contribution in [3.05, 3.63) is 35.6 Å². The number of rotatable bonds is 5. The second-order valence-electron chi connectivity index (χ2n) is 5.92. The van der Waals surface area contributed by atoms with E-state index in [2.05, 4.69) is 23.9 Å². The summed E-state index contributed by atoms with van der Waals surface area (Å²) < 4.78 is 12.9. The Balaban J connectivity index is 1.81. The summed E-state index contributed by atoms with van der Waals surface area (Å²) in [6.45, 7) is 3.08. The van der Waals surface area contributed by atoms with Crippen molar-refractivity contribution in [3.63, 3.8) is 0 Å². The minimum absolute atomic E-state index is 0.259. The van der Waals surface area contributed by atoms with Gasteiger partial charge in [-0.1, -0.05) is 12.1 Å². The van der Waals surface area contributed by atoms with Crippen LogP contribution in [-0.4, -0.2) is 54.7 Å². The first-order valence-corrected chi connectivity index (χ1v) is 7.38. The number of piperidine rings is 1. The van der Waals surface area contributed by atoms with Crippen LogP contribution in [0.25, 0.3) is 0 Å². The van der Waals surface area contributed by atoms with Crippen LogP contribution >= 0.6 is 0 Å². The Morgan fingerprint density at radius 1 is 1.35 bits per heavy atom. The minimum atomic E-state index is -0.504. The summed E-state index contributed by atoms with van der Waals surface area (Å²) in [4.78, 5) is 4.70. The van der Waals surface area contributed by atoms with Crippen LogP contribution in [-0.2, 0) is 0 Å². The molecule has 2 rings (SSSR count). The summed E-state index contributed by atoms with van der Waals surface area (Å²) in [6.07, 6.45) is 2.67. The molecule has 1 N–H and O–H groups in total. The molecule has 2 unspecified atom stereocenters. The van der Waals surface area contributed by atoms with Crippen molar-refractivity contribution in [2.75, 3.05) is 33.7 Å². The number of likely N-dealkylation sites (N-methyl/N-ethyl adjacent to an activating group) is 1. The van der Waals surface area contributed by atoms with Gasteiger partial charge in [0.15, 0.2) is 0 Å². The molecule has 0 saturated carbocycles. The normalized spacial score (nSPS) is 22.1. The van der Waals surface area contributed by atoms with E-state index in [1.165, 1.54) is 25.0 Å². The van der Waals surface area contributed by atoms with Crippen molar-refractivity contribution in [1.29, 1.82) is 0 Å². The van der Waals surface area contributed by atoms with Gasteiger partial charge in [0.25, 0.3) is 0 Å². The molecule has 2 atom stereocenters. The van der Waals surface area contributed by atoms with Crippen LogP contribution in [0, 0.1) is 5.82 Å². The summed E-state index contributed by atoms with van der Waals surface area (Å²) in [7, 11) is 4.25. The van der Waals surface area contributed by atoms with E-state index in [4.69, 9.17) is 0 Å². The predicted octanol–water partition coefficient (Wildman–Crippen LogP) is 2.28. The van der Waals surface area contributed by atoms with E-state index in [0.717, 1.165) is 25.2 Å². The van der Waals surface area contributed by atoms with Gasteiger partial charge in [0, 0.05) is 19.1 Å². The largest absolute Gasteiger partial charge is 0.388 e. The Bertz CT molecular complexity index is 407. The number of aliphatic hydroxyl groups is 1. The molecule has 0 radical (unpaired) electrons. The van der Waals surface area contributed by atoms with Crippen LogP contribution in [0.5, 0.6) is 0 Å². The molecule has 20 heavy (non-hydrogen) atoms. The van der Waals surface area contributed by atoms with Crippen molar-refractivity contribution in [2.24, 2.45) is 0 Å². The molecule has 1 aromatic carbocycles. The lowest BCUT2D eigenvalue weighted by Crippen LogP contribution is -2.45. The van der Waals surface area contributed by atoms with Gasteiger partial charge in [0.05, 0.1) is 6.10 Å². The quantitative estimate of drug-likeness (QED) is 0.896. The fourth-order valence-corrected chi connectivity index (χ4v) is 2.81. The van der Waals surface area contributed by atoms with Gasteiger partial charge in [0.2, 0.25) is 0 Å². The number of hydrogen-bond donors (Lipinski definition) is 1. The third-order valence-corrected chi connectivity index (χ3v) is 4.18. The molecule has 1 fully saturated rings. The number of hydrogen-bond acceptors (Lipinski definition) is 3. The fraction of sp³-hybridized carbons (Fsp3) is 0.625. The van der Waals surface area contributed by atoms with Gasteiger partial charge in [-0.05, 0) is 57.6 Å². The van der Waals surface area contributed by atoms with Crippen molar-refractivity contribution < 1.29 is 9.50 Å². The molecule has 1 heterocycles. The van der Waals surface area contributed by atoms with E-state index in [0.29, 0.717) is 12.5 Å². The predicted molar refractivity (Wildman–Crippen MR) is 79.1 cm³/mol. The Labute approximate surface area is 121 Å². The lowest BCUT2D eigenvalue weighted by molar-refractivity contribution is 0.102. The molecule has 0 aliphatic carbocycles. The molecular weight excluding hydrogens is 255 g/mol. The average molecular weight is 280 g/mol. The molecule has 112 valence electrons. The van der Waals surface area contributed by atoms with E-state index in [-0.39, 0.29) is 5.82 Å². The highest BCUT2D eigenvalue weighted by Gasteiger charge is 2.21. The minimum Gasteiger partial charge on any atom is -0.388 e. The molecule has 1 aliphatic rings.